The molecule has 0 saturated carbocycles. The van der Waals surface area contributed by atoms with Gasteiger partial charge >= 0.3 is 0 Å². The highest BCUT2D eigenvalue weighted by Gasteiger charge is 2.05. The van der Waals surface area contributed by atoms with Gasteiger partial charge in [-0.3, -0.25) is 0 Å². The lowest BCUT2D eigenvalue weighted by molar-refractivity contribution is 0.630. The van der Waals surface area contributed by atoms with E-state index >= 15 is 0 Å². The van der Waals surface area contributed by atoms with Crippen molar-refractivity contribution in [1.82, 2.24) is 0 Å². The van der Waals surface area contributed by atoms with Crippen LogP contribution in [0.25, 0.3) is 0 Å². The fraction of sp³-hybridized carbons (Fsp3) is 0.667. The Morgan fingerprint density at radius 2 is 1.28 bits per heavy atom. The monoisotopic (exact) mass is 244 g/mol. The van der Waals surface area contributed by atoms with Crippen molar-refractivity contribution in [1.29, 1.82) is 0 Å². The molecular formula is C18H28. The molecule has 2 aliphatic rings. The van der Waals surface area contributed by atoms with Crippen LogP contribution in [0.15, 0.2) is 35.5 Å². The highest BCUT2D eigenvalue weighted by atomic mass is 14.1. The van der Waals surface area contributed by atoms with Gasteiger partial charge in [0.25, 0.3) is 0 Å². The average molecular weight is 244 g/mol. The van der Waals surface area contributed by atoms with Crippen LogP contribution in [0.2, 0.25) is 0 Å². The van der Waals surface area contributed by atoms with E-state index in [-0.39, 0.29) is 0 Å². The molecule has 0 heteroatoms. The summed E-state index contributed by atoms with van der Waals surface area (Å²) in [5.41, 5.74) is 3.17. The summed E-state index contributed by atoms with van der Waals surface area (Å²) in [5, 5.41) is 0. The maximum atomic E-state index is 2.53. The Balaban J connectivity index is 2.06. The summed E-state index contributed by atoms with van der Waals surface area (Å²) in [7, 11) is 0. The lowest BCUT2D eigenvalue weighted by Crippen LogP contribution is -1.89. The first-order valence-corrected chi connectivity index (χ1v) is 8.03. The molecule has 0 aliphatic heterocycles. The first kappa shape index (κ1) is 13.6. The molecule has 0 spiro atoms. The zero-order chi connectivity index (χ0) is 12.5. The molecule has 2 aliphatic carbocycles. The van der Waals surface area contributed by atoms with Gasteiger partial charge in [-0.15, -0.1) is 0 Å². The van der Waals surface area contributed by atoms with E-state index in [0.717, 1.165) is 0 Å². The van der Waals surface area contributed by atoms with Crippen LogP contribution in [-0.4, -0.2) is 0 Å². The maximum absolute atomic E-state index is 2.53. The first-order valence-electron chi connectivity index (χ1n) is 8.03. The lowest BCUT2D eigenvalue weighted by atomic mass is 9.97. The molecule has 0 unspecified atom stereocenters. The van der Waals surface area contributed by atoms with Gasteiger partial charge < -0.3 is 0 Å². The van der Waals surface area contributed by atoms with E-state index in [0.29, 0.717) is 0 Å². The van der Waals surface area contributed by atoms with E-state index in [4.69, 9.17) is 0 Å². The minimum Gasteiger partial charge on any atom is -0.0839 e. The molecule has 18 heavy (non-hydrogen) atoms. The average Bonchev–Trinajstić information content (AvgIpc) is 2.61. The van der Waals surface area contributed by atoms with E-state index in [1.807, 2.05) is 0 Å². The van der Waals surface area contributed by atoms with Gasteiger partial charge in [0, 0.05) is 0 Å². The standard InChI is InChI=1S/C18H28/c1-2-6-10-14-17(13-9-5-1)18-15-11-7-3-4-8-12-16-18/h9,13-15H,1-8,10-12,16H2/b13-9+,17-14?,18-15?. The quantitative estimate of drug-likeness (QED) is 0.522. The Kier molecular flexibility index (Phi) is 6.33. The number of hydrogen-bond donors (Lipinski definition) is 0. The summed E-state index contributed by atoms with van der Waals surface area (Å²) in [5.74, 6) is 0. The van der Waals surface area contributed by atoms with Crippen LogP contribution >= 0.6 is 0 Å². The smallest absolute Gasteiger partial charge is 0.0271 e. The zero-order valence-electron chi connectivity index (χ0n) is 11.8. The third-order valence-electron chi connectivity index (χ3n) is 4.15. The molecule has 0 N–H and O–H groups in total. The molecule has 0 aromatic heterocycles. The van der Waals surface area contributed by atoms with Gasteiger partial charge in [0.05, 0.1) is 0 Å². The molecule has 0 amide bonds. The fourth-order valence-corrected chi connectivity index (χ4v) is 2.99. The van der Waals surface area contributed by atoms with Crippen molar-refractivity contribution in [3.63, 3.8) is 0 Å². The zero-order valence-corrected chi connectivity index (χ0v) is 11.8. The minimum atomic E-state index is 1.27. The van der Waals surface area contributed by atoms with Crippen LogP contribution in [-0.2, 0) is 0 Å². The van der Waals surface area contributed by atoms with E-state index in [1.165, 1.54) is 77.0 Å². The van der Waals surface area contributed by atoms with Crippen LogP contribution in [0.1, 0.15) is 77.0 Å². The first-order chi connectivity index (χ1) is 8.97. The molecule has 2 rings (SSSR count). The largest absolute Gasteiger partial charge is 0.0839 e. The van der Waals surface area contributed by atoms with Crippen LogP contribution in [0, 0.1) is 0 Å². The van der Waals surface area contributed by atoms with Crippen molar-refractivity contribution >= 4 is 0 Å². The molecule has 0 bridgehead atoms. The Bertz CT molecular complexity index is 317. The third kappa shape index (κ3) is 4.84. The molecule has 0 heterocycles. The molecule has 0 fully saturated rings. The summed E-state index contributed by atoms with van der Waals surface area (Å²) >= 11 is 0. The van der Waals surface area contributed by atoms with Gasteiger partial charge in [-0.05, 0) is 62.5 Å². The van der Waals surface area contributed by atoms with Crippen molar-refractivity contribution in [3.8, 4) is 0 Å². The summed E-state index contributed by atoms with van der Waals surface area (Å²) < 4.78 is 0. The summed E-state index contributed by atoms with van der Waals surface area (Å²) in [6.45, 7) is 0. The Morgan fingerprint density at radius 3 is 2.22 bits per heavy atom. The van der Waals surface area contributed by atoms with Crippen molar-refractivity contribution in [2.45, 2.75) is 77.0 Å². The van der Waals surface area contributed by atoms with Crippen LogP contribution < -0.4 is 0 Å². The van der Waals surface area contributed by atoms with Crippen LogP contribution in [0.4, 0.5) is 0 Å². The van der Waals surface area contributed by atoms with Gasteiger partial charge in [0.1, 0.15) is 0 Å². The topological polar surface area (TPSA) is 0 Å². The second kappa shape index (κ2) is 8.34. The molecule has 100 valence electrons. The van der Waals surface area contributed by atoms with Crippen LogP contribution in [0.3, 0.4) is 0 Å². The number of rotatable bonds is 1. The maximum Gasteiger partial charge on any atom is -0.0271 e. The van der Waals surface area contributed by atoms with Gasteiger partial charge in [-0.1, -0.05) is 50.0 Å². The molecule has 0 aromatic rings. The van der Waals surface area contributed by atoms with E-state index in [1.54, 1.807) is 11.1 Å². The molecule has 0 saturated heterocycles. The van der Waals surface area contributed by atoms with Crippen molar-refractivity contribution < 1.29 is 0 Å². The van der Waals surface area contributed by atoms with Crippen LogP contribution in [0.5, 0.6) is 0 Å². The van der Waals surface area contributed by atoms with Crippen molar-refractivity contribution in [2.75, 3.05) is 0 Å². The number of hydrogen-bond acceptors (Lipinski definition) is 0. The van der Waals surface area contributed by atoms with E-state index < -0.39 is 0 Å². The normalized spacial score (nSPS) is 25.3. The molecule has 0 aromatic carbocycles. The number of allylic oxidation sites excluding steroid dienone is 6. The third-order valence-corrected chi connectivity index (χ3v) is 4.15. The highest BCUT2D eigenvalue weighted by molar-refractivity contribution is 5.39. The molecular weight excluding hydrogens is 216 g/mol. The lowest BCUT2D eigenvalue weighted by Gasteiger charge is -2.08. The molecule has 0 atom stereocenters. The predicted octanol–water partition coefficient (Wildman–Crippen LogP) is 6.10. The van der Waals surface area contributed by atoms with Gasteiger partial charge in [0.15, 0.2) is 0 Å². The van der Waals surface area contributed by atoms with Crippen molar-refractivity contribution in [2.24, 2.45) is 0 Å². The summed E-state index contributed by atoms with van der Waals surface area (Å²) in [4.78, 5) is 0. The van der Waals surface area contributed by atoms with Gasteiger partial charge in [0.2, 0.25) is 0 Å². The minimum absolute atomic E-state index is 1.27. The predicted molar refractivity (Wildman–Crippen MR) is 80.7 cm³/mol. The summed E-state index contributed by atoms with van der Waals surface area (Å²) in [6.07, 6.45) is 26.2. The second-order valence-electron chi connectivity index (χ2n) is 5.74. The van der Waals surface area contributed by atoms with Crippen molar-refractivity contribution in [3.05, 3.63) is 35.5 Å². The molecule has 0 nitrogen and oxygen atoms in total. The van der Waals surface area contributed by atoms with Gasteiger partial charge in [-0.2, -0.15) is 0 Å². The Labute approximate surface area is 113 Å². The highest BCUT2D eigenvalue weighted by Crippen LogP contribution is 2.25. The van der Waals surface area contributed by atoms with E-state index in [2.05, 4.69) is 24.3 Å². The second-order valence-corrected chi connectivity index (χ2v) is 5.74. The fourth-order valence-electron chi connectivity index (χ4n) is 2.99. The van der Waals surface area contributed by atoms with E-state index in [9.17, 15) is 0 Å². The Morgan fingerprint density at radius 1 is 0.611 bits per heavy atom. The molecule has 0 radical (unpaired) electrons. The van der Waals surface area contributed by atoms with Gasteiger partial charge in [-0.25, -0.2) is 0 Å². The Hall–Kier alpha value is -0.780. The summed E-state index contributed by atoms with van der Waals surface area (Å²) in [6, 6.07) is 0. The SMILES string of the molecule is C1=C(C2=CCCCCCCC2)/C=C/CCCCC1.